The number of nitrogens with zero attached hydrogens (tertiary/aromatic N) is 6. The van der Waals surface area contributed by atoms with Crippen molar-refractivity contribution < 1.29 is 14.3 Å². The lowest BCUT2D eigenvalue weighted by Gasteiger charge is -2.28. The predicted molar refractivity (Wildman–Crippen MR) is 136 cm³/mol. The highest BCUT2D eigenvalue weighted by atomic mass is 16.5. The van der Waals surface area contributed by atoms with Crippen LogP contribution in [0.1, 0.15) is 0 Å². The minimum absolute atomic E-state index is 0.311. The second-order valence-electron chi connectivity index (χ2n) is 7.86. The number of fused-ring (bicyclic) bond motifs is 1. The maximum atomic E-state index is 11.7. The van der Waals surface area contributed by atoms with Gasteiger partial charge in [-0.05, 0) is 36.4 Å². The summed E-state index contributed by atoms with van der Waals surface area (Å²) in [7, 11) is 1.57. The third-order valence-corrected chi connectivity index (χ3v) is 5.58. The molecule has 36 heavy (non-hydrogen) atoms. The summed E-state index contributed by atoms with van der Waals surface area (Å²) in [5, 5.41) is 6.73. The molecule has 0 unspecified atom stereocenters. The zero-order chi connectivity index (χ0) is 24.9. The standard InChI is InChI=1S/C25H24N8O3/c1-3-21(34)29-17-7-9-26-19(14-17)23-22-16(6-8-27-23)15-28-25(32-22)30-18-4-5-20(31-24(18)35-2)33-10-12-36-13-11-33/h3-9,14-15H,1,10-13H2,2H3,(H,26,29,34)(H,28,30,32). The molecule has 5 heterocycles. The fraction of sp³-hybridized carbons (Fsp3) is 0.200. The first-order valence-corrected chi connectivity index (χ1v) is 11.3. The average molecular weight is 485 g/mol. The molecule has 5 rings (SSSR count). The second-order valence-corrected chi connectivity index (χ2v) is 7.86. The molecule has 1 amide bonds. The Kier molecular flexibility index (Phi) is 6.63. The molecule has 0 atom stereocenters. The van der Waals surface area contributed by atoms with Crippen molar-refractivity contribution in [1.29, 1.82) is 0 Å². The molecule has 0 bridgehead atoms. The van der Waals surface area contributed by atoms with Gasteiger partial charge in [0, 0.05) is 42.8 Å². The van der Waals surface area contributed by atoms with Crippen molar-refractivity contribution in [2.24, 2.45) is 0 Å². The molecule has 4 aromatic heterocycles. The van der Waals surface area contributed by atoms with Gasteiger partial charge >= 0.3 is 0 Å². The molecule has 1 saturated heterocycles. The van der Waals surface area contributed by atoms with Gasteiger partial charge in [-0.1, -0.05) is 6.58 Å². The minimum Gasteiger partial charge on any atom is -0.479 e. The van der Waals surface area contributed by atoms with E-state index in [0.29, 0.717) is 53.3 Å². The lowest BCUT2D eigenvalue weighted by Crippen LogP contribution is -2.36. The quantitative estimate of drug-likeness (QED) is 0.378. The Morgan fingerprint density at radius 1 is 1.11 bits per heavy atom. The summed E-state index contributed by atoms with van der Waals surface area (Å²) in [6, 6.07) is 9.07. The van der Waals surface area contributed by atoms with Crippen LogP contribution in [0.3, 0.4) is 0 Å². The third-order valence-electron chi connectivity index (χ3n) is 5.58. The lowest BCUT2D eigenvalue weighted by atomic mass is 10.1. The van der Waals surface area contributed by atoms with Gasteiger partial charge in [-0.25, -0.2) is 9.97 Å². The zero-order valence-electron chi connectivity index (χ0n) is 19.6. The second kappa shape index (κ2) is 10.3. The molecule has 0 aliphatic carbocycles. The Morgan fingerprint density at radius 2 is 1.94 bits per heavy atom. The van der Waals surface area contributed by atoms with Gasteiger partial charge in [0.2, 0.25) is 17.7 Å². The third kappa shape index (κ3) is 4.91. The van der Waals surface area contributed by atoms with Crippen LogP contribution in [0.15, 0.2) is 61.6 Å². The van der Waals surface area contributed by atoms with Crippen molar-refractivity contribution in [2.45, 2.75) is 0 Å². The van der Waals surface area contributed by atoms with E-state index >= 15 is 0 Å². The first-order valence-electron chi connectivity index (χ1n) is 11.3. The van der Waals surface area contributed by atoms with Gasteiger partial charge in [0.1, 0.15) is 22.7 Å². The van der Waals surface area contributed by atoms with Crippen LogP contribution >= 0.6 is 0 Å². The summed E-state index contributed by atoms with van der Waals surface area (Å²) < 4.78 is 11.0. The number of rotatable bonds is 7. The summed E-state index contributed by atoms with van der Waals surface area (Å²) in [4.78, 5) is 36.6. The van der Waals surface area contributed by atoms with Crippen molar-refractivity contribution in [1.82, 2.24) is 24.9 Å². The summed E-state index contributed by atoms with van der Waals surface area (Å²) in [5.41, 5.74) is 2.92. The highest BCUT2D eigenvalue weighted by Crippen LogP contribution is 2.30. The minimum atomic E-state index is -0.311. The van der Waals surface area contributed by atoms with E-state index in [2.05, 4.69) is 42.0 Å². The first kappa shape index (κ1) is 23.1. The highest BCUT2D eigenvalue weighted by Gasteiger charge is 2.16. The number of nitrogens with one attached hydrogen (secondary N) is 2. The van der Waals surface area contributed by atoms with Gasteiger partial charge in [0.05, 0.1) is 26.0 Å². The van der Waals surface area contributed by atoms with Gasteiger partial charge < -0.3 is 25.0 Å². The van der Waals surface area contributed by atoms with Crippen LogP contribution in [-0.2, 0) is 9.53 Å². The SMILES string of the molecule is C=CC(=O)Nc1ccnc(-c2nccc3cnc(Nc4ccc(N5CCOCC5)nc4OC)nc23)c1. The number of morpholine rings is 1. The summed E-state index contributed by atoms with van der Waals surface area (Å²) in [5.74, 6) is 1.30. The predicted octanol–water partition coefficient (Wildman–Crippen LogP) is 3.20. The number of anilines is 4. The Labute approximate surface area is 207 Å². The number of pyridine rings is 3. The molecule has 182 valence electrons. The lowest BCUT2D eigenvalue weighted by molar-refractivity contribution is -0.111. The topological polar surface area (TPSA) is 127 Å². The van der Waals surface area contributed by atoms with Gasteiger partial charge in [0.25, 0.3) is 0 Å². The molecule has 4 aromatic rings. The molecule has 0 radical (unpaired) electrons. The smallest absolute Gasteiger partial charge is 0.247 e. The molecule has 1 aliphatic rings. The van der Waals surface area contributed by atoms with Crippen molar-refractivity contribution >= 4 is 40.0 Å². The maximum Gasteiger partial charge on any atom is 0.247 e. The molecule has 11 nitrogen and oxygen atoms in total. The molecule has 0 aromatic carbocycles. The maximum absolute atomic E-state index is 11.7. The van der Waals surface area contributed by atoms with Gasteiger partial charge in [-0.15, -0.1) is 0 Å². The molecule has 2 N–H and O–H groups in total. The van der Waals surface area contributed by atoms with E-state index < -0.39 is 0 Å². The Hall–Kier alpha value is -4.64. The Balaban J connectivity index is 1.46. The van der Waals surface area contributed by atoms with Crippen molar-refractivity contribution in [2.75, 3.05) is 48.9 Å². The van der Waals surface area contributed by atoms with Gasteiger partial charge in [-0.3, -0.25) is 14.8 Å². The van der Waals surface area contributed by atoms with Crippen LogP contribution in [0.5, 0.6) is 5.88 Å². The normalized spacial score (nSPS) is 13.3. The Bertz CT molecular complexity index is 1420. The van der Waals surface area contributed by atoms with Crippen LogP contribution in [0.4, 0.5) is 23.1 Å². The van der Waals surface area contributed by atoms with E-state index in [1.807, 2.05) is 18.2 Å². The number of carbonyl (C=O) groups excluding carboxylic acids is 1. The van der Waals surface area contributed by atoms with Crippen molar-refractivity contribution in [3.8, 4) is 17.3 Å². The first-order chi connectivity index (χ1) is 17.6. The molecule has 1 fully saturated rings. The molecular formula is C25H24N8O3. The number of carbonyl (C=O) groups is 1. The number of ether oxygens (including phenoxy) is 2. The monoisotopic (exact) mass is 484 g/mol. The molecule has 11 heteroatoms. The van der Waals surface area contributed by atoms with E-state index in [9.17, 15) is 4.79 Å². The van der Waals surface area contributed by atoms with Gasteiger partial charge in [-0.2, -0.15) is 4.98 Å². The summed E-state index contributed by atoms with van der Waals surface area (Å²) in [6.07, 6.45) is 6.18. The van der Waals surface area contributed by atoms with E-state index in [-0.39, 0.29) is 5.91 Å². The molecular weight excluding hydrogens is 460 g/mol. The number of hydrogen-bond acceptors (Lipinski definition) is 10. The van der Waals surface area contributed by atoms with E-state index in [0.717, 1.165) is 24.3 Å². The van der Waals surface area contributed by atoms with Crippen molar-refractivity contribution in [3.05, 3.63) is 61.6 Å². The summed E-state index contributed by atoms with van der Waals surface area (Å²) in [6.45, 7) is 6.37. The number of hydrogen-bond donors (Lipinski definition) is 2. The Morgan fingerprint density at radius 3 is 2.75 bits per heavy atom. The van der Waals surface area contributed by atoms with Crippen LogP contribution in [0.25, 0.3) is 22.3 Å². The number of methoxy groups -OCH3 is 1. The zero-order valence-corrected chi connectivity index (χ0v) is 19.6. The summed E-state index contributed by atoms with van der Waals surface area (Å²) >= 11 is 0. The van der Waals surface area contributed by atoms with Crippen LogP contribution in [-0.4, -0.2) is 64.2 Å². The van der Waals surface area contributed by atoms with Gasteiger partial charge in [0.15, 0.2) is 0 Å². The van der Waals surface area contributed by atoms with Crippen LogP contribution in [0, 0.1) is 0 Å². The van der Waals surface area contributed by atoms with Crippen LogP contribution < -0.4 is 20.3 Å². The number of aromatic nitrogens is 5. The molecule has 1 aliphatic heterocycles. The number of amides is 1. The van der Waals surface area contributed by atoms with E-state index in [1.54, 1.807) is 37.8 Å². The fourth-order valence-corrected chi connectivity index (χ4v) is 3.81. The van der Waals surface area contributed by atoms with Crippen molar-refractivity contribution in [3.63, 3.8) is 0 Å². The largest absolute Gasteiger partial charge is 0.479 e. The van der Waals surface area contributed by atoms with Crippen LogP contribution in [0.2, 0.25) is 0 Å². The highest BCUT2D eigenvalue weighted by molar-refractivity contribution is 5.99. The fourth-order valence-electron chi connectivity index (χ4n) is 3.81. The average Bonchev–Trinajstić information content (AvgIpc) is 2.93. The van der Waals surface area contributed by atoms with E-state index in [4.69, 9.17) is 14.5 Å². The molecule has 0 saturated carbocycles. The van der Waals surface area contributed by atoms with E-state index in [1.165, 1.54) is 6.08 Å². The molecule has 0 spiro atoms.